The van der Waals surface area contributed by atoms with Gasteiger partial charge in [-0.15, -0.1) is 0 Å². The van der Waals surface area contributed by atoms with E-state index in [0.29, 0.717) is 31.7 Å². The Balaban J connectivity index is 2.01. The number of hydrogen-bond donors (Lipinski definition) is 1. The summed E-state index contributed by atoms with van der Waals surface area (Å²) in [6, 6.07) is 5.50. The molecule has 0 bridgehead atoms. The van der Waals surface area contributed by atoms with Gasteiger partial charge in [-0.05, 0) is 30.7 Å². The molecule has 1 fully saturated rings. The fraction of sp³-hybridized carbons (Fsp3) is 0.429. The molecule has 1 aliphatic rings. The normalized spacial score (nSPS) is 15.9. The highest BCUT2D eigenvalue weighted by atomic mass is 19.1. The molecule has 0 saturated carbocycles. The van der Waals surface area contributed by atoms with Gasteiger partial charge >= 0.3 is 0 Å². The minimum atomic E-state index is -0.364. The highest BCUT2D eigenvalue weighted by Crippen LogP contribution is 2.10. The number of benzene rings is 1. The Morgan fingerprint density at radius 3 is 2.30 bits per heavy atom. The van der Waals surface area contributed by atoms with E-state index >= 15 is 0 Å². The number of rotatable bonds is 2. The standard InChI is InChI=1S/C14H18FN3O2/c15-12-4-2-11(3-5-12)14(20)18-7-1-6-17(8-9-18)13(19)10-16/h2-5H,1,6-10,16H2. The largest absolute Gasteiger partial charge is 0.340 e. The Labute approximate surface area is 117 Å². The van der Waals surface area contributed by atoms with Crippen LogP contribution in [0.25, 0.3) is 0 Å². The highest BCUT2D eigenvalue weighted by molar-refractivity contribution is 5.94. The lowest BCUT2D eigenvalue weighted by Gasteiger charge is -2.22. The number of nitrogens with zero attached hydrogens (tertiary/aromatic N) is 2. The molecular weight excluding hydrogens is 261 g/mol. The van der Waals surface area contributed by atoms with Crippen molar-refractivity contribution in [3.8, 4) is 0 Å². The van der Waals surface area contributed by atoms with E-state index in [-0.39, 0.29) is 24.2 Å². The van der Waals surface area contributed by atoms with E-state index in [0.717, 1.165) is 6.42 Å². The van der Waals surface area contributed by atoms with Gasteiger partial charge in [0.25, 0.3) is 5.91 Å². The van der Waals surface area contributed by atoms with Gasteiger partial charge in [-0.25, -0.2) is 4.39 Å². The van der Waals surface area contributed by atoms with Gasteiger partial charge in [-0.1, -0.05) is 0 Å². The van der Waals surface area contributed by atoms with Crippen LogP contribution in [0.2, 0.25) is 0 Å². The van der Waals surface area contributed by atoms with Crippen molar-refractivity contribution < 1.29 is 14.0 Å². The van der Waals surface area contributed by atoms with Crippen molar-refractivity contribution >= 4 is 11.8 Å². The topological polar surface area (TPSA) is 66.6 Å². The van der Waals surface area contributed by atoms with Crippen LogP contribution in [0.5, 0.6) is 0 Å². The van der Waals surface area contributed by atoms with E-state index < -0.39 is 0 Å². The predicted octanol–water partition coefficient (Wildman–Crippen LogP) is 0.459. The lowest BCUT2D eigenvalue weighted by Crippen LogP contribution is -2.39. The summed E-state index contributed by atoms with van der Waals surface area (Å²) < 4.78 is 12.9. The molecule has 2 N–H and O–H groups in total. The summed E-state index contributed by atoms with van der Waals surface area (Å²) >= 11 is 0. The van der Waals surface area contributed by atoms with Crippen LogP contribution >= 0.6 is 0 Å². The summed E-state index contributed by atoms with van der Waals surface area (Å²) in [5, 5.41) is 0. The van der Waals surface area contributed by atoms with Gasteiger partial charge in [0.2, 0.25) is 5.91 Å². The molecule has 2 rings (SSSR count). The van der Waals surface area contributed by atoms with Gasteiger partial charge in [0.1, 0.15) is 5.82 Å². The summed E-state index contributed by atoms with van der Waals surface area (Å²) in [6.45, 7) is 2.16. The first-order valence-corrected chi connectivity index (χ1v) is 6.64. The maximum absolute atomic E-state index is 12.9. The molecule has 0 atom stereocenters. The molecule has 0 unspecified atom stereocenters. The van der Waals surface area contributed by atoms with E-state index in [1.165, 1.54) is 24.3 Å². The maximum Gasteiger partial charge on any atom is 0.253 e. The quantitative estimate of drug-likeness (QED) is 0.855. The average molecular weight is 279 g/mol. The van der Waals surface area contributed by atoms with Crippen molar-refractivity contribution in [3.05, 3.63) is 35.6 Å². The van der Waals surface area contributed by atoms with Crippen LogP contribution in [0.15, 0.2) is 24.3 Å². The number of amides is 2. The van der Waals surface area contributed by atoms with Gasteiger partial charge in [0, 0.05) is 31.7 Å². The van der Waals surface area contributed by atoms with Crippen molar-refractivity contribution in [2.45, 2.75) is 6.42 Å². The first kappa shape index (κ1) is 14.5. The number of carbonyl (C=O) groups is 2. The van der Waals surface area contributed by atoms with Crippen LogP contribution in [0.3, 0.4) is 0 Å². The van der Waals surface area contributed by atoms with Crippen LogP contribution in [-0.4, -0.2) is 54.3 Å². The second-order valence-electron chi connectivity index (χ2n) is 4.74. The molecule has 1 aromatic rings. The second kappa shape index (κ2) is 6.47. The number of halogens is 1. The summed E-state index contributed by atoms with van der Waals surface area (Å²) in [4.78, 5) is 27.2. The monoisotopic (exact) mass is 279 g/mol. The van der Waals surface area contributed by atoms with Gasteiger partial charge in [0.05, 0.1) is 6.54 Å². The molecule has 1 aliphatic heterocycles. The summed E-state index contributed by atoms with van der Waals surface area (Å²) in [5.74, 6) is -0.592. The molecule has 0 aliphatic carbocycles. The zero-order chi connectivity index (χ0) is 14.5. The second-order valence-corrected chi connectivity index (χ2v) is 4.74. The van der Waals surface area contributed by atoms with Crippen LogP contribution in [0.1, 0.15) is 16.8 Å². The Hall–Kier alpha value is -1.95. The first-order chi connectivity index (χ1) is 9.61. The molecule has 0 aromatic heterocycles. The van der Waals surface area contributed by atoms with Gasteiger partial charge in [-0.3, -0.25) is 9.59 Å². The molecule has 20 heavy (non-hydrogen) atoms. The lowest BCUT2D eigenvalue weighted by molar-refractivity contribution is -0.129. The Morgan fingerprint density at radius 1 is 1.05 bits per heavy atom. The molecule has 0 spiro atoms. The Kier molecular flexibility index (Phi) is 4.68. The van der Waals surface area contributed by atoms with E-state index in [2.05, 4.69) is 0 Å². The van der Waals surface area contributed by atoms with Crippen LogP contribution in [0.4, 0.5) is 4.39 Å². The zero-order valence-electron chi connectivity index (χ0n) is 11.2. The molecule has 1 heterocycles. The van der Waals surface area contributed by atoms with Crippen molar-refractivity contribution in [2.75, 3.05) is 32.7 Å². The number of nitrogens with two attached hydrogens (primary N) is 1. The number of hydrogen-bond acceptors (Lipinski definition) is 3. The molecule has 0 radical (unpaired) electrons. The van der Waals surface area contributed by atoms with Crippen molar-refractivity contribution in [2.24, 2.45) is 5.73 Å². The van der Waals surface area contributed by atoms with Gasteiger partial charge in [-0.2, -0.15) is 0 Å². The van der Waals surface area contributed by atoms with Gasteiger partial charge in [0.15, 0.2) is 0 Å². The highest BCUT2D eigenvalue weighted by Gasteiger charge is 2.22. The van der Waals surface area contributed by atoms with Crippen LogP contribution in [0, 0.1) is 5.82 Å². The van der Waals surface area contributed by atoms with E-state index in [4.69, 9.17) is 5.73 Å². The van der Waals surface area contributed by atoms with Crippen molar-refractivity contribution in [3.63, 3.8) is 0 Å². The van der Waals surface area contributed by atoms with E-state index in [1.54, 1.807) is 9.80 Å². The molecular formula is C14H18FN3O2. The summed E-state index contributed by atoms with van der Waals surface area (Å²) in [6.07, 6.45) is 0.721. The minimum absolute atomic E-state index is 0.00803. The predicted molar refractivity (Wildman–Crippen MR) is 72.6 cm³/mol. The maximum atomic E-state index is 12.9. The average Bonchev–Trinajstić information content (AvgIpc) is 2.72. The fourth-order valence-electron chi connectivity index (χ4n) is 2.27. The Morgan fingerprint density at radius 2 is 1.65 bits per heavy atom. The number of carbonyl (C=O) groups excluding carboxylic acids is 2. The smallest absolute Gasteiger partial charge is 0.253 e. The van der Waals surface area contributed by atoms with Crippen LogP contribution in [-0.2, 0) is 4.79 Å². The molecule has 2 amide bonds. The van der Waals surface area contributed by atoms with Gasteiger partial charge < -0.3 is 15.5 Å². The molecule has 5 nitrogen and oxygen atoms in total. The SMILES string of the molecule is NCC(=O)N1CCCN(C(=O)c2ccc(F)cc2)CC1. The lowest BCUT2D eigenvalue weighted by atomic mass is 10.2. The minimum Gasteiger partial charge on any atom is -0.340 e. The fourth-order valence-corrected chi connectivity index (χ4v) is 2.27. The molecule has 1 saturated heterocycles. The Bertz CT molecular complexity index is 490. The third-order valence-corrected chi connectivity index (χ3v) is 3.40. The molecule has 1 aromatic carbocycles. The van der Waals surface area contributed by atoms with E-state index in [1.807, 2.05) is 0 Å². The third kappa shape index (κ3) is 3.33. The molecule has 6 heteroatoms. The van der Waals surface area contributed by atoms with Crippen molar-refractivity contribution in [1.82, 2.24) is 9.80 Å². The van der Waals surface area contributed by atoms with E-state index in [9.17, 15) is 14.0 Å². The first-order valence-electron chi connectivity index (χ1n) is 6.64. The third-order valence-electron chi connectivity index (χ3n) is 3.40. The summed E-state index contributed by atoms with van der Waals surface area (Å²) in [5.41, 5.74) is 5.81. The summed E-state index contributed by atoms with van der Waals surface area (Å²) in [7, 11) is 0. The zero-order valence-corrected chi connectivity index (χ0v) is 11.2. The molecule has 108 valence electrons. The van der Waals surface area contributed by atoms with Crippen molar-refractivity contribution in [1.29, 1.82) is 0 Å². The van der Waals surface area contributed by atoms with Crippen LogP contribution < -0.4 is 5.73 Å².